The predicted octanol–water partition coefficient (Wildman–Crippen LogP) is 1.92. The van der Waals surface area contributed by atoms with Crippen molar-refractivity contribution < 1.29 is 13.2 Å². The van der Waals surface area contributed by atoms with Crippen LogP contribution in [-0.2, 0) is 21.3 Å². The Balaban J connectivity index is 2.35. The molecule has 0 aliphatic heterocycles. The van der Waals surface area contributed by atoms with E-state index in [-0.39, 0.29) is 12.5 Å². The molecule has 116 valence electrons. The zero-order valence-electron chi connectivity index (χ0n) is 12.1. The maximum Gasteiger partial charge on any atom is 0.242 e. The molecule has 0 saturated heterocycles. The molecule has 2 rings (SSSR count). The van der Waals surface area contributed by atoms with Gasteiger partial charge in [-0.2, -0.15) is 0 Å². The van der Waals surface area contributed by atoms with Crippen molar-refractivity contribution in [2.45, 2.75) is 18.4 Å². The van der Waals surface area contributed by atoms with E-state index < -0.39 is 10.0 Å². The van der Waals surface area contributed by atoms with E-state index >= 15 is 0 Å². The minimum atomic E-state index is -3.57. The van der Waals surface area contributed by atoms with E-state index in [1.807, 2.05) is 31.2 Å². The molecule has 0 amide bonds. The zero-order chi connectivity index (χ0) is 15.5. The normalized spacial score (nSPS) is 13.7. The second kappa shape index (κ2) is 6.85. The molecule has 2 aromatic rings. The summed E-state index contributed by atoms with van der Waals surface area (Å²) in [5.41, 5.74) is 5.71. The van der Waals surface area contributed by atoms with Crippen molar-refractivity contribution in [1.82, 2.24) is 4.72 Å². The van der Waals surface area contributed by atoms with Crippen LogP contribution in [0.15, 0.2) is 29.2 Å². The molecule has 0 aliphatic rings. The van der Waals surface area contributed by atoms with Crippen molar-refractivity contribution in [3.8, 4) is 0 Å². The molecular formula is C14H20N2O3S2. The number of hydrogen-bond donors (Lipinski definition) is 2. The van der Waals surface area contributed by atoms with E-state index in [0.717, 1.165) is 10.1 Å². The summed E-state index contributed by atoms with van der Waals surface area (Å²) in [5.74, 6) is 0.107. The van der Waals surface area contributed by atoms with Crippen LogP contribution in [0.1, 0.15) is 11.8 Å². The Labute approximate surface area is 129 Å². The van der Waals surface area contributed by atoms with Crippen molar-refractivity contribution >= 4 is 31.4 Å². The van der Waals surface area contributed by atoms with Gasteiger partial charge in [-0.15, -0.1) is 11.3 Å². The number of methoxy groups -OCH3 is 1. The number of nitrogens with one attached hydrogen (secondary N) is 1. The fourth-order valence-electron chi connectivity index (χ4n) is 2.17. The average Bonchev–Trinajstić information content (AvgIpc) is 2.85. The van der Waals surface area contributed by atoms with E-state index in [4.69, 9.17) is 10.5 Å². The molecule has 0 aliphatic carbocycles. The number of nitrogens with two attached hydrogens (primary N) is 1. The molecular weight excluding hydrogens is 308 g/mol. The highest BCUT2D eigenvalue weighted by Gasteiger charge is 2.24. The maximum absolute atomic E-state index is 12.6. The van der Waals surface area contributed by atoms with Gasteiger partial charge >= 0.3 is 0 Å². The number of sulfonamides is 1. The van der Waals surface area contributed by atoms with Crippen molar-refractivity contribution in [2.75, 3.05) is 20.3 Å². The maximum atomic E-state index is 12.6. The van der Waals surface area contributed by atoms with Gasteiger partial charge in [-0.05, 0) is 12.0 Å². The highest BCUT2D eigenvalue weighted by atomic mass is 32.2. The number of benzene rings is 1. The molecule has 0 bridgehead atoms. The van der Waals surface area contributed by atoms with Gasteiger partial charge in [-0.1, -0.05) is 25.1 Å². The smallest absolute Gasteiger partial charge is 0.242 e. The summed E-state index contributed by atoms with van der Waals surface area (Å²) in [5, 5.41) is 0.731. The van der Waals surface area contributed by atoms with Gasteiger partial charge < -0.3 is 10.5 Å². The quantitative estimate of drug-likeness (QED) is 0.813. The molecule has 1 unspecified atom stereocenters. The second-order valence-corrected chi connectivity index (χ2v) is 7.81. The molecule has 1 aromatic heterocycles. The van der Waals surface area contributed by atoms with Crippen LogP contribution in [-0.4, -0.2) is 28.7 Å². The van der Waals surface area contributed by atoms with Crippen LogP contribution < -0.4 is 10.5 Å². The average molecular weight is 328 g/mol. The lowest BCUT2D eigenvalue weighted by Crippen LogP contribution is -2.30. The Hall–Kier alpha value is -0.990. The van der Waals surface area contributed by atoms with Crippen LogP contribution in [0.4, 0.5) is 0 Å². The number of fused-ring (bicyclic) bond motifs is 1. The molecule has 1 atom stereocenters. The molecule has 5 nitrogen and oxygen atoms in total. The first kappa shape index (κ1) is 16.4. The Morgan fingerprint density at radius 2 is 2.10 bits per heavy atom. The molecule has 7 heteroatoms. The third kappa shape index (κ3) is 3.61. The van der Waals surface area contributed by atoms with Gasteiger partial charge in [0.1, 0.15) is 4.90 Å². The summed E-state index contributed by atoms with van der Waals surface area (Å²) < 4.78 is 33.8. The van der Waals surface area contributed by atoms with Crippen molar-refractivity contribution in [2.24, 2.45) is 11.7 Å². The van der Waals surface area contributed by atoms with Gasteiger partial charge in [-0.25, -0.2) is 13.1 Å². The summed E-state index contributed by atoms with van der Waals surface area (Å²) in [4.78, 5) is 0.998. The van der Waals surface area contributed by atoms with Crippen molar-refractivity contribution in [3.05, 3.63) is 29.1 Å². The van der Waals surface area contributed by atoms with Crippen LogP contribution >= 0.6 is 11.3 Å². The standard InChI is InChI=1S/C14H20N2O3S2/c1-10(9-19-2)8-16-21(17,18)14-11-5-3-4-6-12(11)20-13(14)7-15/h3-6,10,16H,7-9,15H2,1-2H3. The zero-order valence-corrected chi connectivity index (χ0v) is 13.8. The molecule has 0 saturated carbocycles. The fourth-order valence-corrected chi connectivity index (χ4v) is 5.16. The van der Waals surface area contributed by atoms with E-state index in [0.29, 0.717) is 22.9 Å². The van der Waals surface area contributed by atoms with E-state index in [2.05, 4.69) is 4.72 Å². The van der Waals surface area contributed by atoms with Gasteiger partial charge in [-0.3, -0.25) is 0 Å². The van der Waals surface area contributed by atoms with E-state index in [1.54, 1.807) is 7.11 Å². The predicted molar refractivity (Wildman–Crippen MR) is 85.9 cm³/mol. The summed E-state index contributed by atoms with van der Waals surface area (Å²) in [6, 6.07) is 7.45. The lowest BCUT2D eigenvalue weighted by atomic mass is 10.2. The number of thiophene rings is 1. The lowest BCUT2D eigenvalue weighted by Gasteiger charge is -2.12. The van der Waals surface area contributed by atoms with E-state index in [1.165, 1.54) is 11.3 Å². The highest BCUT2D eigenvalue weighted by Crippen LogP contribution is 2.34. The van der Waals surface area contributed by atoms with Gasteiger partial charge in [0.05, 0.1) is 0 Å². The second-order valence-electron chi connectivity index (χ2n) is 4.97. The SMILES string of the molecule is COCC(C)CNS(=O)(=O)c1c(CN)sc2ccccc12. The van der Waals surface area contributed by atoms with Crippen LogP contribution in [0.25, 0.3) is 10.1 Å². The minimum absolute atomic E-state index is 0.107. The molecule has 3 N–H and O–H groups in total. The molecule has 0 radical (unpaired) electrons. The number of rotatable bonds is 7. The fraction of sp³-hybridized carbons (Fsp3) is 0.429. The first-order chi connectivity index (χ1) is 9.99. The third-order valence-electron chi connectivity index (χ3n) is 3.15. The Morgan fingerprint density at radius 1 is 1.38 bits per heavy atom. The first-order valence-electron chi connectivity index (χ1n) is 6.68. The summed E-state index contributed by atoms with van der Waals surface area (Å²) >= 11 is 1.43. The Morgan fingerprint density at radius 3 is 2.76 bits per heavy atom. The summed E-state index contributed by atoms with van der Waals surface area (Å²) in [6.07, 6.45) is 0. The molecule has 1 heterocycles. The van der Waals surface area contributed by atoms with Gasteiger partial charge in [0.15, 0.2) is 0 Å². The van der Waals surface area contributed by atoms with Crippen molar-refractivity contribution in [3.63, 3.8) is 0 Å². The first-order valence-corrected chi connectivity index (χ1v) is 8.98. The highest BCUT2D eigenvalue weighted by molar-refractivity contribution is 7.90. The van der Waals surface area contributed by atoms with Gasteiger partial charge in [0.25, 0.3) is 0 Å². The van der Waals surface area contributed by atoms with Crippen molar-refractivity contribution in [1.29, 1.82) is 0 Å². The summed E-state index contributed by atoms with van der Waals surface area (Å²) in [6.45, 7) is 2.99. The topological polar surface area (TPSA) is 81.4 Å². The lowest BCUT2D eigenvalue weighted by molar-refractivity contribution is 0.161. The van der Waals surface area contributed by atoms with Crippen LogP contribution in [0.5, 0.6) is 0 Å². The molecule has 0 spiro atoms. The Kier molecular flexibility index (Phi) is 5.34. The van der Waals surface area contributed by atoms with E-state index in [9.17, 15) is 8.42 Å². The van der Waals surface area contributed by atoms with Gasteiger partial charge in [0, 0.05) is 41.8 Å². The number of ether oxygens (including phenoxy) is 1. The Bertz CT molecular complexity index is 710. The number of hydrogen-bond acceptors (Lipinski definition) is 5. The molecule has 1 aromatic carbocycles. The van der Waals surface area contributed by atoms with Gasteiger partial charge in [0.2, 0.25) is 10.0 Å². The summed E-state index contributed by atoms with van der Waals surface area (Å²) in [7, 11) is -1.97. The van der Waals surface area contributed by atoms with Crippen LogP contribution in [0, 0.1) is 5.92 Å². The largest absolute Gasteiger partial charge is 0.384 e. The third-order valence-corrected chi connectivity index (χ3v) is 6.02. The molecule has 0 fully saturated rings. The monoisotopic (exact) mass is 328 g/mol. The molecule has 21 heavy (non-hydrogen) atoms. The van der Waals surface area contributed by atoms with Crippen LogP contribution in [0.3, 0.4) is 0 Å². The van der Waals surface area contributed by atoms with Crippen LogP contribution in [0.2, 0.25) is 0 Å². The minimum Gasteiger partial charge on any atom is -0.384 e.